The summed E-state index contributed by atoms with van der Waals surface area (Å²) in [5.41, 5.74) is 0.779. The van der Waals surface area contributed by atoms with Gasteiger partial charge >= 0.3 is 0 Å². The second-order valence-electron chi connectivity index (χ2n) is 5.78. The summed E-state index contributed by atoms with van der Waals surface area (Å²) in [5, 5.41) is 3.48. The Kier molecular flexibility index (Phi) is 4.76. The van der Waals surface area contributed by atoms with E-state index in [-0.39, 0.29) is 11.9 Å². The van der Waals surface area contributed by atoms with Crippen LogP contribution in [0.4, 0.5) is 4.39 Å². The fourth-order valence-electron chi connectivity index (χ4n) is 2.81. The second kappa shape index (κ2) is 6.33. The first kappa shape index (κ1) is 13.5. The molecule has 1 aromatic rings. The van der Waals surface area contributed by atoms with Crippen LogP contribution in [0.3, 0.4) is 0 Å². The molecule has 1 aliphatic rings. The summed E-state index contributed by atoms with van der Waals surface area (Å²) in [7, 11) is 0. The predicted molar refractivity (Wildman–Crippen MR) is 73.9 cm³/mol. The van der Waals surface area contributed by atoms with Gasteiger partial charge in [0, 0.05) is 11.6 Å². The maximum Gasteiger partial charge on any atom is 0.127 e. The third kappa shape index (κ3) is 3.55. The molecule has 2 rings (SSSR count). The molecular formula is C16H24FN. The lowest BCUT2D eigenvalue weighted by Crippen LogP contribution is -2.28. The van der Waals surface area contributed by atoms with Gasteiger partial charge < -0.3 is 5.32 Å². The highest BCUT2D eigenvalue weighted by Crippen LogP contribution is 2.28. The zero-order valence-corrected chi connectivity index (χ0v) is 11.5. The number of nitrogens with one attached hydrogen (secondary N) is 1. The Balaban J connectivity index is 1.81. The molecule has 0 saturated heterocycles. The van der Waals surface area contributed by atoms with Crippen LogP contribution in [0.2, 0.25) is 0 Å². The molecule has 100 valence electrons. The fraction of sp³-hybridized carbons (Fsp3) is 0.625. The molecule has 1 fully saturated rings. The van der Waals surface area contributed by atoms with Gasteiger partial charge in [0.2, 0.25) is 0 Å². The number of hydrogen-bond donors (Lipinski definition) is 1. The van der Waals surface area contributed by atoms with Gasteiger partial charge in [-0.05, 0) is 44.2 Å². The maximum absolute atomic E-state index is 13.6. The van der Waals surface area contributed by atoms with Crippen molar-refractivity contribution in [1.82, 2.24) is 5.32 Å². The smallest absolute Gasteiger partial charge is 0.127 e. The van der Waals surface area contributed by atoms with Crippen LogP contribution in [0.25, 0.3) is 0 Å². The largest absolute Gasteiger partial charge is 0.310 e. The Bertz CT molecular complexity index is 369. The molecule has 2 heteroatoms. The highest BCUT2D eigenvalue weighted by molar-refractivity contribution is 5.20. The van der Waals surface area contributed by atoms with Crippen molar-refractivity contribution < 1.29 is 4.39 Å². The van der Waals surface area contributed by atoms with Crippen LogP contribution in [-0.2, 0) is 0 Å². The quantitative estimate of drug-likeness (QED) is 0.838. The Labute approximate surface area is 110 Å². The SMILES string of the molecule is CC1CCC(CN[C@H](C)c2ccccc2F)CC1. The van der Waals surface area contributed by atoms with Gasteiger partial charge in [-0.1, -0.05) is 38.0 Å². The maximum atomic E-state index is 13.6. The second-order valence-corrected chi connectivity index (χ2v) is 5.78. The molecule has 0 radical (unpaired) electrons. The zero-order valence-electron chi connectivity index (χ0n) is 11.5. The number of hydrogen-bond acceptors (Lipinski definition) is 1. The van der Waals surface area contributed by atoms with Gasteiger partial charge in [0.05, 0.1) is 0 Å². The van der Waals surface area contributed by atoms with Crippen LogP contribution in [0.5, 0.6) is 0 Å². The predicted octanol–water partition coefficient (Wildman–Crippen LogP) is 4.30. The first-order chi connectivity index (χ1) is 8.66. The zero-order chi connectivity index (χ0) is 13.0. The van der Waals surface area contributed by atoms with Crippen LogP contribution in [0.15, 0.2) is 24.3 Å². The standard InChI is InChI=1S/C16H24FN/c1-12-7-9-14(10-8-12)11-18-13(2)15-5-3-4-6-16(15)17/h3-6,12-14,18H,7-11H2,1-2H3/t12?,13-,14?/m1/s1. The molecule has 1 nitrogen and oxygen atoms in total. The van der Waals surface area contributed by atoms with E-state index in [4.69, 9.17) is 0 Å². The van der Waals surface area contributed by atoms with Crippen molar-refractivity contribution in [3.05, 3.63) is 35.6 Å². The molecule has 1 aromatic carbocycles. The summed E-state index contributed by atoms with van der Waals surface area (Å²) in [6.45, 7) is 5.40. The van der Waals surface area contributed by atoms with Gasteiger partial charge in [0.1, 0.15) is 5.82 Å². The first-order valence-corrected chi connectivity index (χ1v) is 7.14. The van der Waals surface area contributed by atoms with Gasteiger partial charge in [-0.3, -0.25) is 0 Å². The highest BCUT2D eigenvalue weighted by atomic mass is 19.1. The summed E-state index contributed by atoms with van der Waals surface area (Å²) in [6.07, 6.45) is 5.33. The van der Waals surface area contributed by atoms with Crippen LogP contribution < -0.4 is 5.32 Å². The van der Waals surface area contributed by atoms with Crippen molar-refractivity contribution in [1.29, 1.82) is 0 Å². The van der Waals surface area contributed by atoms with Crippen LogP contribution in [-0.4, -0.2) is 6.54 Å². The first-order valence-electron chi connectivity index (χ1n) is 7.14. The van der Waals surface area contributed by atoms with E-state index in [2.05, 4.69) is 12.2 Å². The summed E-state index contributed by atoms with van der Waals surface area (Å²) >= 11 is 0. The minimum atomic E-state index is -0.102. The average Bonchev–Trinajstić information content (AvgIpc) is 2.38. The van der Waals surface area contributed by atoms with E-state index < -0.39 is 0 Å². The third-order valence-electron chi connectivity index (χ3n) is 4.22. The summed E-state index contributed by atoms with van der Waals surface area (Å²) in [4.78, 5) is 0. The minimum Gasteiger partial charge on any atom is -0.310 e. The van der Waals surface area contributed by atoms with Crippen molar-refractivity contribution in [3.8, 4) is 0 Å². The van der Waals surface area contributed by atoms with Gasteiger partial charge in [-0.25, -0.2) is 4.39 Å². The lowest BCUT2D eigenvalue weighted by atomic mass is 9.83. The monoisotopic (exact) mass is 249 g/mol. The van der Waals surface area contributed by atoms with Gasteiger partial charge in [0.15, 0.2) is 0 Å². The average molecular weight is 249 g/mol. The Morgan fingerprint density at radius 2 is 1.89 bits per heavy atom. The van der Waals surface area contributed by atoms with Crippen molar-refractivity contribution in [2.75, 3.05) is 6.54 Å². The van der Waals surface area contributed by atoms with Crippen molar-refractivity contribution in [2.45, 2.75) is 45.6 Å². The van der Waals surface area contributed by atoms with Crippen LogP contribution in [0, 0.1) is 17.7 Å². The number of rotatable bonds is 4. The molecule has 1 aliphatic carbocycles. The summed E-state index contributed by atoms with van der Waals surface area (Å²) in [6, 6.07) is 7.16. The lowest BCUT2D eigenvalue weighted by molar-refractivity contribution is 0.275. The molecule has 0 amide bonds. The van der Waals surface area contributed by atoms with Gasteiger partial charge in [-0.2, -0.15) is 0 Å². The molecular weight excluding hydrogens is 225 g/mol. The molecule has 0 unspecified atom stereocenters. The topological polar surface area (TPSA) is 12.0 Å². The van der Waals surface area contributed by atoms with Crippen molar-refractivity contribution >= 4 is 0 Å². The lowest BCUT2D eigenvalue weighted by Gasteiger charge is -2.27. The molecule has 1 atom stereocenters. The Morgan fingerprint density at radius 1 is 1.22 bits per heavy atom. The van der Waals surface area contributed by atoms with E-state index in [1.54, 1.807) is 6.07 Å². The number of halogens is 1. The molecule has 0 heterocycles. The fourth-order valence-corrected chi connectivity index (χ4v) is 2.81. The van der Waals surface area contributed by atoms with E-state index >= 15 is 0 Å². The molecule has 18 heavy (non-hydrogen) atoms. The molecule has 0 aromatic heterocycles. The van der Waals surface area contributed by atoms with E-state index in [1.165, 1.54) is 31.7 Å². The van der Waals surface area contributed by atoms with E-state index in [1.807, 2.05) is 19.1 Å². The summed E-state index contributed by atoms with van der Waals surface area (Å²) in [5.74, 6) is 1.57. The highest BCUT2D eigenvalue weighted by Gasteiger charge is 2.19. The van der Waals surface area contributed by atoms with E-state index in [0.717, 1.165) is 23.9 Å². The van der Waals surface area contributed by atoms with Gasteiger partial charge in [-0.15, -0.1) is 0 Å². The van der Waals surface area contributed by atoms with E-state index in [9.17, 15) is 4.39 Å². The van der Waals surface area contributed by atoms with Gasteiger partial charge in [0.25, 0.3) is 0 Å². The Morgan fingerprint density at radius 3 is 2.56 bits per heavy atom. The molecule has 0 spiro atoms. The number of benzene rings is 1. The molecule has 0 aliphatic heterocycles. The molecule has 0 bridgehead atoms. The third-order valence-corrected chi connectivity index (χ3v) is 4.22. The van der Waals surface area contributed by atoms with Crippen LogP contribution >= 0.6 is 0 Å². The molecule has 1 N–H and O–H groups in total. The normalized spacial score (nSPS) is 25.9. The van der Waals surface area contributed by atoms with Crippen molar-refractivity contribution in [3.63, 3.8) is 0 Å². The minimum absolute atomic E-state index is 0.102. The Hall–Kier alpha value is -0.890. The van der Waals surface area contributed by atoms with E-state index in [0.29, 0.717) is 0 Å². The molecule has 1 saturated carbocycles. The van der Waals surface area contributed by atoms with Crippen LogP contribution in [0.1, 0.15) is 51.1 Å². The summed E-state index contributed by atoms with van der Waals surface area (Å²) < 4.78 is 13.6. The van der Waals surface area contributed by atoms with Crippen molar-refractivity contribution in [2.24, 2.45) is 11.8 Å².